The number of benzene rings is 1. The summed E-state index contributed by atoms with van der Waals surface area (Å²) in [6, 6.07) is 5.76. The van der Waals surface area contributed by atoms with Gasteiger partial charge in [0.1, 0.15) is 0 Å². The van der Waals surface area contributed by atoms with E-state index in [9.17, 15) is 4.79 Å². The van der Waals surface area contributed by atoms with Crippen molar-refractivity contribution in [2.24, 2.45) is 5.92 Å². The SMILES string of the molecule is CC1Cc2cc(Cl)ccc2C1CC(=O)O. The topological polar surface area (TPSA) is 37.3 Å². The molecule has 2 nitrogen and oxygen atoms in total. The summed E-state index contributed by atoms with van der Waals surface area (Å²) in [4.78, 5) is 10.8. The van der Waals surface area contributed by atoms with Crippen LogP contribution in [0.4, 0.5) is 0 Å². The average Bonchev–Trinajstić information content (AvgIpc) is 2.41. The monoisotopic (exact) mass is 224 g/mol. The molecule has 0 radical (unpaired) electrons. The van der Waals surface area contributed by atoms with E-state index in [1.165, 1.54) is 5.56 Å². The molecule has 0 bridgehead atoms. The molecule has 1 aliphatic carbocycles. The number of carbonyl (C=O) groups is 1. The van der Waals surface area contributed by atoms with Crippen LogP contribution in [0.3, 0.4) is 0 Å². The van der Waals surface area contributed by atoms with Gasteiger partial charge in [0, 0.05) is 5.02 Å². The van der Waals surface area contributed by atoms with Crippen LogP contribution in [0, 0.1) is 5.92 Å². The Kier molecular flexibility index (Phi) is 2.70. The number of hydrogen-bond donors (Lipinski definition) is 1. The minimum absolute atomic E-state index is 0.148. The lowest BCUT2D eigenvalue weighted by molar-refractivity contribution is -0.137. The zero-order valence-corrected chi connectivity index (χ0v) is 9.29. The maximum atomic E-state index is 10.8. The van der Waals surface area contributed by atoms with Crippen LogP contribution < -0.4 is 0 Å². The molecule has 2 unspecified atom stereocenters. The van der Waals surface area contributed by atoms with Gasteiger partial charge in [0.25, 0.3) is 0 Å². The predicted molar refractivity (Wildman–Crippen MR) is 59.3 cm³/mol. The molecular formula is C12H13ClO2. The van der Waals surface area contributed by atoms with Crippen LogP contribution in [0.2, 0.25) is 5.02 Å². The molecule has 15 heavy (non-hydrogen) atoms. The van der Waals surface area contributed by atoms with E-state index in [2.05, 4.69) is 6.92 Å². The van der Waals surface area contributed by atoms with Crippen molar-refractivity contribution >= 4 is 17.6 Å². The zero-order chi connectivity index (χ0) is 11.0. The van der Waals surface area contributed by atoms with Gasteiger partial charge in [-0.2, -0.15) is 0 Å². The first kappa shape index (κ1) is 10.5. The fourth-order valence-electron chi connectivity index (χ4n) is 2.41. The van der Waals surface area contributed by atoms with Crippen molar-refractivity contribution in [1.82, 2.24) is 0 Å². The predicted octanol–water partition coefficient (Wildman–Crippen LogP) is 3.09. The van der Waals surface area contributed by atoms with E-state index in [0.29, 0.717) is 5.92 Å². The fourth-order valence-corrected chi connectivity index (χ4v) is 2.60. The molecule has 0 aliphatic heterocycles. The van der Waals surface area contributed by atoms with Crippen molar-refractivity contribution in [3.05, 3.63) is 34.3 Å². The minimum atomic E-state index is -0.727. The Balaban J connectivity index is 2.33. The number of carboxylic acid groups (broad SMARTS) is 1. The molecule has 0 fully saturated rings. The second kappa shape index (κ2) is 3.86. The largest absolute Gasteiger partial charge is 0.481 e. The van der Waals surface area contributed by atoms with Gasteiger partial charge in [-0.15, -0.1) is 0 Å². The molecule has 80 valence electrons. The Labute approximate surface area is 93.9 Å². The van der Waals surface area contributed by atoms with Gasteiger partial charge in [0.15, 0.2) is 0 Å². The lowest BCUT2D eigenvalue weighted by atomic mass is 9.91. The minimum Gasteiger partial charge on any atom is -0.481 e. The van der Waals surface area contributed by atoms with Crippen molar-refractivity contribution in [3.63, 3.8) is 0 Å². The second-order valence-corrected chi connectivity index (χ2v) is 4.67. The van der Waals surface area contributed by atoms with Crippen LogP contribution in [-0.4, -0.2) is 11.1 Å². The molecule has 0 aromatic heterocycles. The van der Waals surface area contributed by atoms with Gasteiger partial charge in [-0.1, -0.05) is 24.6 Å². The van der Waals surface area contributed by atoms with Crippen molar-refractivity contribution in [3.8, 4) is 0 Å². The number of hydrogen-bond acceptors (Lipinski definition) is 1. The molecule has 0 heterocycles. The molecule has 1 aromatic carbocycles. The Morgan fingerprint density at radius 3 is 3.00 bits per heavy atom. The third kappa shape index (κ3) is 2.00. The summed E-state index contributed by atoms with van der Waals surface area (Å²) >= 11 is 5.91. The Morgan fingerprint density at radius 1 is 1.60 bits per heavy atom. The van der Waals surface area contributed by atoms with Gasteiger partial charge in [0.2, 0.25) is 0 Å². The number of rotatable bonds is 2. The standard InChI is InChI=1S/C12H13ClO2/c1-7-4-8-5-9(13)2-3-10(8)11(7)6-12(14)15/h2-3,5,7,11H,4,6H2,1H3,(H,14,15). The van der Waals surface area contributed by atoms with Crippen LogP contribution >= 0.6 is 11.6 Å². The Bertz CT molecular complexity index is 401. The van der Waals surface area contributed by atoms with Crippen LogP contribution in [0.15, 0.2) is 18.2 Å². The van der Waals surface area contributed by atoms with Crippen molar-refractivity contribution in [2.75, 3.05) is 0 Å². The first-order valence-electron chi connectivity index (χ1n) is 5.08. The zero-order valence-electron chi connectivity index (χ0n) is 8.53. The van der Waals surface area contributed by atoms with Crippen molar-refractivity contribution in [1.29, 1.82) is 0 Å². The number of aliphatic carboxylic acids is 1. The van der Waals surface area contributed by atoms with Gasteiger partial charge in [0.05, 0.1) is 6.42 Å². The van der Waals surface area contributed by atoms with Gasteiger partial charge >= 0.3 is 5.97 Å². The Morgan fingerprint density at radius 2 is 2.33 bits per heavy atom. The number of halogens is 1. The van der Waals surface area contributed by atoms with Crippen molar-refractivity contribution < 1.29 is 9.90 Å². The van der Waals surface area contributed by atoms with E-state index in [1.807, 2.05) is 18.2 Å². The van der Waals surface area contributed by atoms with Crippen LogP contribution in [0.25, 0.3) is 0 Å². The summed E-state index contributed by atoms with van der Waals surface area (Å²) in [7, 11) is 0. The lowest BCUT2D eigenvalue weighted by Crippen LogP contribution is -2.09. The summed E-state index contributed by atoms with van der Waals surface area (Å²) in [6.45, 7) is 2.10. The van der Waals surface area contributed by atoms with Gasteiger partial charge in [-0.05, 0) is 41.5 Å². The number of carboxylic acids is 1. The lowest BCUT2D eigenvalue weighted by Gasteiger charge is -2.13. The summed E-state index contributed by atoms with van der Waals surface area (Å²) < 4.78 is 0. The molecule has 0 spiro atoms. The van der Waals surface area contributed by atoms with Gasteiger partial charge in [-0.3, -0.25) is 4.79 Å². The molecule has 0 saturated heterocycles. The maximum Gasteiger partial charge on any atom is 0.303 e. The van der Waals surface area contributed by atoms with Crippen LogP contribution in [0.1, 0.15) is 30.4 Å². The summed E-state index contributed by atoms with van der Waals surface area (Å²) in [5.74, 6) is -0.181. The third-order valence-corrected chi connectivity index (χ3v) is 3.36. The maximum absolute atomic E-state index is 10.8. The molecule has 1 aliphatic rings. The van der Waals surface area contributed by atoms with E-state index < -0.39 is 5.97 Å². The first-order chi connectivity index (χ1) is 7.08. The normalized spacial score (nSPS) is 23.9. The van der Waals surface area contributed by atoms with Crippen LogP contribution in [-0.2, 0) is 11.2 Å². The van der Waals surface area contributed by atoms with E-state index in [0.717, 1.165) is 17.0 Å². The molecule has 1 N–H and O–H groups in total. The molecule has 0 amide bonds. The molecule has 0 saturated carbocycles. The van der Waals surface area contributed by atoms with Gasteiger partial charge in [-0.25, -0.2) is 0 Å². The smallest absolute Gasteiger partial charge is 0.303 e. The molecule has 2 atom stereocenters. The highest BCUT2D eigenvalue weighted by molar-refractivity contribution is 6.30. The summed E-state index contributed by atoms with van der Waals surface area (Å²) in [5, 5.41) is 9.58. The van der Waals surface area contributed by atoms with E-state index in [-0.39, 0.29) is 12.3 Å². The van der Waals surface area contributed by atoms with Crippen LogP contribution in [0.5, 0.6) is 0 Å². The number of fused-ring (bicyclic) bond motifs is 1. The molecule has 2 rings (SSSR count). The third-order valence-electron chi connectivity index (χ3n) is 3.13. The summed E-state index contributed by atoms with van der Waals surface area (Å²) in [5.41, 5.74) is 2.37. The highest BCUT2D eigenvalue weighted by Crippen LogP contribution is 2.40. The van der Waals surface area contributed by atoms with E-state index in [1.54, 1.807) is 0 Å². The highest BCUT2D eigenvalue weighted by atomic mass is 35.5. The average molecular weight is 225 g/mol. The second-order valence-electron chi connectivity index (χ2n) is 4.23. The molecule has 3 heteroatoms. The highest BCUT2D eigenvalue weighted by Gasteiger charge is 2.30. The Hall–Kier alpha value is -1.02. The molecular weight excluding hydrogens is 212 g/mol. The quantitative estimate of drug-likeness (QED) is 0.838. The van der Waals surface area contributed by atoms with Crippen molar-refractivity contribution in [2.45, 2.75) is 25.7 Å². The van der Waals surface area contributed by atoms with Gasteiger partial charge < -0.3 is 5.11 Å². The summed E-state index contributed by atoms with van der Waals surface area (Å²) in [6.07, 6.45) is 1.16. The fraction of sp³-hybridized carbons (Fsp3) is 0.417. The van der Waals surface area contributed by atoms with E-state index >= 15 is 0 Å². The first-order valence-corrected chi connectivity index (χ1v) is 5.46. The van der Waals surface area contributed by atoms with E-state index in [4.69, 9.17) is 16.7 Å². The molecule has 1 aromatic rings.